The molecule has 6 nitrogen and oxygen atoms in total. The largest absolute Gasteiger partial charge is 0.478 e. The van der Waals surface area contributed by atoms with Crippen LogP contribution in [0.4, 0.5) is 11.4 Å². The minimum Gasteiger partial charge on any atom is -0.478 e. The van der Waals surface area contributed by atoms with Gasteiger partial charge in [-0.3, -0.25) is 9.59 Å². The van der Waals surface area contributed by atoms with Crippen molar-refractivity contribution in [2.75, 3.05) is 36.4 Å². The number of nitrogens with one attached hydrogen (secondary N) is 1. The summed E-state index contributed by atoms with van der Waals surface area (Å²) < 4.78 is 5.93. The summed E-state index contributed by atoms with van der Waals surface area (Å²) in [7, 11) is 0. The van der Waals surface area contributed by atoms with E-state index in [1.54, 1.807) is 50.2 Å². The van der Waals surface area contributed by atoms with Gasteiger partial charge < -0.3 is 19.9 Å². The highest BCUT2D eigenvalue weighted by atomic mass is 35.5. The Morgan fingerprint density at radius 3 is 2.14 bits per heavy atom. The summed E-state index contributed by atoms with van der Waals surface area (Å²) in [5.41, 5.74) is 0.979. The molecule has 1 aliphatic rings. The molecular weight excluding hydrogens is 485 g/mol. The van der Waals surface area contributed by atoms with E-state index in [0.717, 1.165) is 5.69 Å². The molecule has 3 aromatic carbocycles. The van der Waals surface area contributed by atoms with Crippen molar-refractivity contribution >= 4 is 46.4 Å². The van der Waals surface area contributed by atoms with Crippen LogP contribution < -0.4 is 15.0 Å². The van der Waals surface area contributed by atoms with E-state index in [-0.39, 0.29) is 11.8 Å². The van der Waals surface area contributed by atoms with E-state index in [0.29, 0.717) is 53.2 Å². The van der Waals surface area contributed by atoms with Crippen LogP contribution >= 0.6 is 23.2 Å². The molecule has 35 heavy (non-hydrogen) atoms. The van der Waals surface area contributed by atoms with E-state index in [9.17, 15) is 9.59 Å². The third kappa shape index (κ3) is 6.08. The van der Waals surface area contributed by atoms with Crippen LogP contribution in [0.15, 0.2) is 72.8 Å². The molecule has 0 aromatic heterocycles. The number of rotatable bonds is 6. The van der Waals surface area contributed by atoms with Crippen molar-refractivity contribution in [3.05, 3.63) is 88.4 Å². The summed E-state index contributed by atoms with van der Waals surface area (Å²) in [6.45, 7) is 5.83. The van der Waals surface area contributed by atoms with E-state index in [4.69, 9.17) is 27.9 Å². The lowest BCUT2D eigenvalue weighted by Crippen LogP contribution is -2.49. The second-order valence-electron chi connectivity index (χ2n) is 8.83. The predicted octanol–water partition coefficient (Wildman–Crippen LogP) is 5.75. The maximum absolute atomic E-state index is 13.2. The Morgan fingerprint density at radius 2 is 1.49 bits per heavy atom. The molecule has 1 heterocycles. The molecule has 182 valence electrons. The van der Waals surface area contributed by atoms with Gasteiger partial charge in [0.15, 0.2) is 5.60 Å². The topological polar surface area (TPSA) is 61.9 Å². The lowest BCUT2D eigenvalue weighted by Gasteiger charge is -2.37. The molecule has 1 saturated heterocycles. The fraction of sp³-hybridized carbons (Fsp3) is 0.259. The number of carbonyl (C=O) groups is 2. The van der Waals surface area contributed by atoms with Gasteiger partial charge in [0, 0.05) is 41.8 Å². The molecule has 3 aromatic rings. The summed E-state index contributed by atoms with van der Waals surface area (Å²) in [5, 5.41) is 4.09. The smallest absolute Gasteiger partial charge is 0.268 e. The summed E-state index contributed by atoms with van der Waals surface area (Å²) in [5.74, 6) is 0.255. The molecule has 0 saturated carbocycles. The normalized spacial score (nSPS) is 13.9. The minimum absolute atomic E-state index is 0.0241. The first-order valence-electron chi connectivity index (χ1n) is 11.4. The van der Waals surface area contributed by atoms with Gasteiger partial charge in [0.25, 0.3) is 11.8 Å². The molecule has 0 spiro atoms. The van der Waals surface area contributed by atoms with Crippen molar-refractivity contribution < 1.29 is 14.3 Å². The quantitative estimate of drug-likeness (QED) is 0.457. The van der Waals surface area contributed by atoms with Gasteiger partial charge in [-0.2, -0.15) is 0 Å². The molecule has 4 rings (SSSR count). The average molecular weight is 512 g/mol. The van der Waals surface area contributed by atoms with Gasteiger partial charge in [0.2, 0.25) is 0 Å². The first-order chi connectivity index (χ1) is 16.7. The molecule has 8 heteroatoms. The Kier molecular flexibility index (Phi) is 7.53. The van der Waals surface area contributed by atoms with Crippen molar-refractivity contribution in [3.63, 3.8) is 0 Å². The Bertz CT molecular complexity index is 1190. The number of benzene rings is 3. The zero-order valence-electron chi connectivity index (χ0n) is 19.6. The van der Waals surface area contributed by atoms with Gasteiger partial charge in [-0.05, 0) is 68.4 Å². The van der Waals surface area contributed by atoms with Gasteiger partial charge in [-0.15, -0.1) is 0 Å². The summed E-state index contributed by atoms with van der Waals surface area (Å²) in [4.78, 5) is 30.0. The highest BCUT2D eigenvalue weighted by Gasteiger charge is 2.31. The molecule has 0 atom stereocenters. The number of piperazine rings is 1. The fourth-order valence-electron chi connectivity index (χ4n) is 3.91. The Labute approximate surface area is 215 Å². The molecule has 1 fully saturated rings. The average Bonchev–Trinajstić information content (AvgIpc) is 2.86. The number of hydrogen-bond acceptors (Lipinski definition) is 4. The van der Waals surface area contributed by atoms with E-state index >= 15 is 0 Å². The second-order valence-corrected chi connectivity index (χ2v) is 9.70. The van der Waals surface area contributed by atoms with Crippen LogP contribution in [0.25, 0.3) is 0 Å². The highest BCUT2D eigenvalue weighted by Crippen LogP contribution is 2.31. The maximum atomic E-state index is 13.2. The number of ether oxygens (including phenoxy) is 1. The third-order valence-corrected chi connectivity index (χ3v) is 6.36. The van der Waals surface area contributed by atoms with Crippen molar-refractivity contribution in [1.82, 2.24) is 4.90 Å². The Morgan fingerprint density at radius 1 is 0.857 bits per heavy atom. The number of nitrogens with zero attached hydrogens (tertiary/aromatic N) is 2. The summed E-state index contributed by atoms with van der Waals surface area (Å²) >= 11 is 12.2. The number of hydrogen-bond donors (Lipinski definition) is 1. The zero-order valence-corrected chi connectivity index (χ0v) is 21.1. The SMILES string of the molecule is CC(C)(Oc1ccc(Cl)cc1)C(=O)Nc1cc(Cl)ccc1N1CCN(C(=O)c2ccccc2)CC1. The summed E-state index contributed by atoms with van der Waals surface area (Å²) in [6.07, 6.45) is 0. The van der Waals surface area contributed by atoms with E-state index in [2.05, 4.69) is 10.2 Å². The highest BCUT2D eigenvalue weighted by molar-refractivity contribution is 6.31. The van der Waals surface area contributed by atoms with Crippen LogP contribution in [-0.2, 0) is 4.79 Å². The van der Waals surface area contributed by atoms with E-state index in [1.165, 1.54) is 0 Å². The van der Waals surface area contributed by atoms with Gasteiger partial charge >= 0.3 is 0 Å². The van der Waals surface area contributed by atoms with Crippen molar-refractivity contribution in [3.8, 4) is 5.75 Å². The Hall–Kier alpha value is -3.22. The van der Waals surface area contributed by atoms with Crippen molar-refractivity contribution in [2.24, 2.45) is 0 Å². The number of halogens is 2. The monoisotopic (exact) mass is 511 g/mol. The number of amides is 2. The first kappa shape index (κ1) is 24.9. The lowest BCUT2D eigenvalue weighted by atomic mass is 10.1. The van der Waals surface area contributed by atoms with Gasteiger partial charge in [0.1, 0.15) is 5.75 Å². The van der Waals surface area contributed by atoms with Crippen LogP contribution in [0.1, 0.15) is 24.2 Å². The molecule has 1 aliphatic heterocycles. The molecule has 0 radical (unpaired) electrons. The molecule has 1 N–H and O–H groups in total. The third-order valence-electron chi connectivity index (χ3n) is 5.87. The van der Waals surface area contributed by atoms with Crippen LogP contribution in [0.5, 0.6) is 5.75 Å². The molecule has 0 unspecified atom stereocenters. The van der Waals surface area contributed by atoms with Gasteiger partial charge in [-0.25, -0.2) is 0 Å². The molecule has 0 aliphatic carbocycles. The molecule has 0 bridgehead atoms. The zero-order chi connectivity index (χ0) is 25.0. The van der Waals surface area contributed by atoms with Gasteiger partial charge in [-0.1, -0.05) is 41.4 Å². The lowest BCUT2D eigenvalue weighted by molar-refractivity contribution is -0.128. The van der Waals surface area contributed by atoms with E-state index < -0.39 is 5.60 Å². The minimum atomic E-state index is -1.14. The van der Waals surface area contributed by atoms with Crippen molar-refractivity contribution in [1.29, 1.82) is 0 Å². The van der Waals surface area contributed by atoms with E-state index in [1.807, 2.05) is 41.3 Å². The molecular formula is C27H27Cl2N3O3. The number of anilines is 2. The first-order valence-corrected chi connectivity index (χ1v) is 12.1. The molecule has 2 amide bonds. The van der Waals surface area contributed by atoms with Crippen LogP contribution in [0, 0.1) is 0 Å². The van der Waals surface area contributed by atoms with Crippen LogP contribution in [0.2, 0.25) is 10.0 Å². The standard InChI is InChI=1S/C27H27Cl2N3O3/c1-27(2,35-22-11-8-20(28)9-12-22)26(34)30-23-18-21(29)10-13-24(23)31-14-16-32(17-15-31)25(33)19-6-4-3-5-7-19/h3-13,18H,14-17H2,1-2H3,(H,30,34). The Balaban J connectivity index is 1.45. The fourth-order valence-corrected chi connectivity index (χ4v) is 4.21. The predicted molar refractivity (Wildman–Crippen MR) is 141 cm³/mol. The van der Waals surface area contributed by atoms with Crippen LogP contribution in [-0.4, -0.2) is 48.5 Å². The van der Waals surface area contributed by atoms with Crippen molar-refractivity contribution in [2.45, 2.75) is 19.4 Å². The number of carbonyl (C=O) groups excluding carboxylic acids is 2. The summed E-state index contributed by atoms with van der Waals surface area (Å²) in [6, 6.07) is 21.6. The van der Waals surface area contributed by atoms with Gasteiger partial charge in [0.05, 0.1) is 11.4 Å². The second kappa shape index (κ2) is 10.6. The maximum Gasteiger partial charge on any atom is 0.268 e. The van der Waals surface area contributed by atoms with Crippen LogP contribution in [0.3, 0.4) is 0 Å².